The SMILES string of the molecule is C/C=C/CCNc1nccc2ccccc12. The summed E-state index contributed by atoms with van der Waals surface area (Å²) in [6.45, 7) is 2.96. The number of pyridine rings is 1. The highest BCUT2D eigenvalue weighted by atomic mass is 15.0. The van der Waals surface area contributed by atoms with Crippen LogP contribution in [-0.4, -0.2) is 11.5 Å². The van der Waals surface area contributed by atoms with Gasteiger partial charge in [0.2, 0.25) is 0 Å². The van der Waals surface area contributed by atoms with Crippen molar-refractivity contribution in [3.05, 3.63) is 48.7 Å². The zero-order valence-corrected chi connectivity index (χ0v) is 9.48. The molecule has 0 unspecified atom stereocenters. The average Bonchev–Trinajstić information content (AvgIpc) is 2.35. The molecule has 0 aliphatic rings. The molecule has 0 aliphatic carbocycles. The highest BCUT2D eigenvalue weighted by Crippen LogP contribution is 2.19. The summed E-state index contributed by atoms with van der Waals surface area (Å²) in [4.78, 5) is 4.37. The summed E-state index contributed by atoms with van der Waals surface area (Å²) in [5, 5.41) is 5.77. The van der Waals surface area contributed by atoms with E-state index in [0.717, 1.165) is 18.8 Å². The lowest BCUT2D eigenvalue weighted by Crippen LogP contribution is -2.02. The topological polar surface area (TPSA) is 24.9 Å². The summed E-state index contributed by atoms with van der Waals surface area (Å²) >= 11 is 0. The van der Waals surface area contributed by atoms with Crippen molar-refractivity contribution in [3.63, 3.8) is 0 Å². The summed E-state index contributed by atoms with van der Waals surface area (Å²) in [6, 6.07) is 10.3. The summed E-state index contributed by atoms with van der Waals surface area (Å²) in [5.74, 6) is 0.975. The second-order valence-corrected chi connectivity index (χ2v) is 3.67. The Balaban J connectivity index is 2.17. The molecule has 0 amide bonds. The Morgan fingerprint density at radius 2 is 2.12 bits per heavy atom. The minimum atomic E-state index is 0.922. The largest absolute Gasteiger partial charge is 0.369 e. The Morgan fingerprint density at radius 1 is 1.25 bits per heavy atom. The van der Waals surface area contributed by atoms with E-state index in [9.17, 15) is 0 Å². The Labute approximate surface area is 96.0 Å². The molecule has 0 aliphatic heterocycles. The van der Waals surface area contributed by atoms with Crippen LogP contribution in [0.15, 0.2) is 48.7 Å². The zero-order valence-electron chi connectivity index (χ0n) is 9.48. The van der Waals surface area contributed by atoms with Gasteiger partial charge in [0.25, 0.3) is 0 Å². The summed E-state index contributed by atoms with van der Waals surface area (Å²) in [5.41, 5.74) is 0. The maximum absolute atomic E-state index is 4.37. The van der Waals surface area contributed by atoms with Crippen LogP contribution in [0.5, 0.6) is 0 Å². The van der Waals surface area contributed by atoms with Crippen LogP contribution in [0.3, 0.4) is 0 Å². The van der Waals surface area contributed by atoms with Crippen molar-refractivity contribution in [2.24, 2.45) is 0 Å². The Morgan fingerprint density at radius 3 is 3.00 bits per heavy atom. The lowest BCUT2D eigenvalue weighted by Gasteiger charge is -2.07. The number of anilines is 1. The standard InChI is InChI=1S/C14H16N2/c1-2-3-6-10-15-14-13-8-5-4-7-12(13)9-11-16-14/h2-5,7-9,11H,6,10H2,1H3,(H,15,16)/b3-2+. The Hall–Kier alpha value is -1.83. The van der Waals surface area contributed by atoms with Crippen molar-refractivity contribution in [1.29, 1.82) is 0 Å². The lowest BCUT2D eigenvalue weighted by atomic mass is 10.1. The molecule has 0 atom stereocenters. The zero-order chi connectivity index (χ0) is 11.2. The Kier molecular flexibility index (Phi) is 3.54. The van der Waals surface area contributed by atoms with Gasteiger partial charge < -0.3 is 5.32 Å². The molecule has 16 heavy (non-hydrogen) atoms. The molecule has 82 valence electrons. The predicted molar refractivity (Wildman–Crippen MR) is 69.7 cm³/mol. The number of nitrogens with zero attached hydrogens (tertiary/aromatic N) is 1. The molecule has 0 spiro atoms. The van der Waals surface area contributed by atoms with Gasteiger partial charge in [-0.15, -0.1) is 0 Å². The molecule has 1 aromatic heterocycles. The molecule has 2 nitrogen and oxygen atoms in total. The molecule has 1 heterocycles. The highest BCUT2D eigenvalue weighted by molar-refractivity contribution is 5.91. The molecule has 1 aromatic carbocycles. The molecule has 0 saturated heterocycles. The summed E-state index contributed by atoms with van der Waals surface area (Å²) < 4.78 is 0. The minimum Gasteiger partial charge on any atom is -0.369 e. The van der Waals surface area contributed by atoms with Gasteiger partial charge in [0, 0.05) is 18.1 Å². The molecular weight excluding hydrogens is 196 g/mol. The molecule has 0 saturated carbocycles. The second-order valence-electron chi connectivity index (χ2n) is 3.67. The van der Waals surface area contributed by atoms with Gasteiger partial charge in [-0.2, -0.15) is 0 Å². The molecule has 2 rings (SSSR count). The van der Waals surface area contributed by atoms with Gasteiger partial charge >= 0.3 is 0 Å². The fourth-order valence-electron chi connectivity index (χ4n) is 1.70. The van der Waals surface area contributed by atoms with Gasteiger partial charge in [-0.05, 0) is 24.8 Å². The molecule has 2 heteroatoms. The van der Waals surface area contributed by atoms with E-state index in [1.165, 1.54) is 10.8 Å². The van der Waals surface area contributed by atoms with Crippen LogP contribution in [-0.2, 0) is 0 Å². The number of benzene rings is 1. The van der Waals surface area contributed by atoms with Gasteiger partial charge in [0.15, 0.2) is 0 Å². The minimum absolute atomic E-state index is 0.922. The maximum Gasteiger partial charge on any atom is 0.133 e. The van der Waals surface area contributed by atoms with Crippen molar-refractivity contribution in [3.8, 4) is 0 Å². The first-order valence-electron chi connectivity index (χ1n) is 5.60. The number of hydrogen-bond acceptors (Lipinski definition) is 2. The van der Waals surface area contributed by atoms with E-state index in [1.807, 2.05) is 31.3 Å². The first-order valence-corrected chi connectivity index (χ1v) is 5.60. The Bertz CT molecular complexity index is 484. The third kappa shape index (κ3) is 2.40. The first kappa shape index (κ1) is 10.7. The second kappa shape index (κ2) is 5.31. The van der Waals surface area contributed by atoms with E-state index in [2.05, 4.69) is 34.6 Å². The highest BCUT2D eigenvalue weighted by Gasteiger charge is 1.99. The van der Waals surface area contributed by atoms with E-state index in [1.54, 1.807) is 0 Å². The first-order chi connectivity index (χ1) is 7.92. The smallest absolute Gasteiger partial charge is 0.133 e. The fourth-order valence-corrected chi connectivity index (χ4v) is 1.70. The third-order valence-electron chi connectivity index (χ3n) is 2.51. The molecule has 0 bridgehead atoms. The number of hydrogen-bond donors (Lipinski definition) is 1. The normalized spacial score (nSPS) is 11.1. The molecule has 0 fully saturated rings. The van der Waals surface area contributed by atoms with Crippen molar-refractivity contribution in [1.82, 2.24) is 4.98 Å². The van der Waals surface area contributed by atoms with Crippen LogP contribution < -0.4 is 5.32 Å². The van der Waals surface area contributed by atoms with Gasteiger partial charge in [-0.25, -0.2) is 4.98 Å². The average molecular weight is 212 g/mol. The van der Waals surface area contributed by atoms with Crippen LogP contribution in [0.1, 0.15) is 13.3 Å². The molecule has 2 aromatic rings. The van der Waals surface area contributed by atoms with Crippen LogP contribution >= 0.6 is 0 Å². The van der Waals surface area contributed by atoms with E-state index in [-0.39, 0.29) is 0 Å². The molecule has 0 radical (unpaired) electrons. The monoisotopic (exact) mass is 212 g/mol. The van der Waals surface area contributed by atoms with Gasteiger partial charge in [-0.1, -0.05) is 36.4 Å². The maximum atomic E-state index is 4.37. The lowest BCUT2D eigenvalue weighted by molar-refractivity contribution is 1.05. The summed E-state index contributed by atoms with van der Waals surface area (Å²) in [6.07, 6.45) is 7.10. The van der Waals surface area contributed by atoms with Crippen molar-refractivity contribution < 1.29 is 0 Å². The van der Waals surface area contributed by atoms with E-state index < -0.39 is 0 Å². The molecular formula is C14H16N2. The quantitative estimate of drug-likeness (QED) is 0.618. The number of allylic oxidation sites excluding steroid dienone is 1. The number of fused-ring (bicyclic) bond motifs is 1. The van der Waals surface area contributed by atoms with E-state index >= 15 is 0 Å². The van der Waals surface area contributed by atoms with Crippen molar-refractivity contribution >= 4 is 16.6 Å². The van der Waals surface area contributed by atoms with E-state index in [0.29, 0.717) is 0 Å². The molecule has 1 N–H and O–H groups in total. The van der Waals surface area contributed by atoms with Crippen LogP contribution in [0.4, 0.5) is 5.82 Å². The van der Waals surface area contributed by atoms with Gasteiger partial charge in [0.05, 0.1) is 0 Å². The van der Waals surface area contributed by atoms with E-state index in [4.69, 9.17) is 0 Å². The fraction of sp³-hybridized carbons (Fsp3) is 0.214. The van der Waals surface area contributed by atoms with Crippen LogP contribution in [0, 0.1) is 0 Å². The predicted octanol–water partition coefficient (Wildman–Crippen LogP) is 3.61. The van der Waals surface area contributed by atoms with Crippen molar-refractivity contribution in [2.75, 3.05) is 11.9 Å². The summed E-state index contributed by atoms with van der Waals surface area (Å²) in [7, 11) is 0. The van der Waals surface area contributed by atoms with Crippen molar-refractivity contribution in [2.45, 2.75) is 13.3 Å². The van der Waals surface area contributed by atoms with Gasteiger partial charge in [0.1, 0.15) is 5.82 Å². The number of aromatic nitrogens is 1. The number of rotatable bonds is 4. The number of nitrogens with one attached hydrogen (secondary N) is 1. The van der Waals surface area contributed by atoms with Crippen LogP contribution in [0.2, 0.25) is 0 Å². The van der Waals surface area contributed by atoms with Gasteiger partial charge in [-0.3, -0.25) is 0 Å². The third-order valence-corrected chi connectivity index (χ3v) is 2.51. The van der Waals surface area contributed by atoms with Crippen LogP contribution in [0.25, 0.3) is 10.8 Å².